The van der Waals surface area contributed by atoms with Crippen LogP contribution in [0.2, 0.25) is 0 Å². The average Bonchev–Trinajstić information content (AvgIpc) is 2.72. The molecule has 0 fully saturated rings. The van der Waals surface area contributed by atoms with Gasteiger partial charge < -0.3 is 14.2 Å². The fourth-order valence-electron chi connectivity index (χ4n) is 1.29. The smallest absolute Gasteiger partial charge is 0.323 e. The van der Waals surface area contributed by atoms with Crippen molar-refractivity contribution in [1.82, 2.24) is 14.7 Å². The first-order valence-electron chi connectivity index (χ1n) is 4.34. The molecule has 2 aromatic heterocycles. The zero-order chi connectivity index (χ0) is 10.8. The van der Waals surface area contributed by atoms with Crippen LogP contribution in [0.3, 0.4) is 0 Å². The minimum Gasteiger partial charge on any atom is -0.480 e. The van der Waals surface area contributed by atoms with Gasteiger partial charge >= 0.3 is 5.97 Å². The van der Waals surface area contributed by atoms with Gasteiger partial charge in [-0.2, -0.15) is 4.98 Å². The highest BCUT2D eigenvalue weighted by Gasteiger charge is 2.12. The molecule has 2 aromatic rings. The molecule has 6 heteroatoms. The molecule has 0 spiro atoms. The lowest BCUT2D eigenvalue weighted by atomic mass is 10.4. The van der Waals surface area contributed by atoms with Gasteiger partial charge in [-0.25, -0.2) is 0 Å². The maximum absolute atomic E-state index is 10.6. The maximum atomic E-state index is 10.6. The van der Waals surface area contributed by atoms with Crippen molar-refractivity contribution in [1.29, 1.82) is 0 Å². The molecular weight excluding hydrogens is 198 g/mol. The van der Waals surface area contributed by atoms with Crippen LogP contribution in [-0.2, 0) is 11.3 Å². The average molecular weight is 207 g/mol. The van der Waals surface area contributed by atoms with Gasteiger partial charge in [0.15, 0.2) is 5.82 Å². The van der Waals surface area contributed by atoms with Gasteiger partial charge in [-0.1, -0.05) is 5.16 Å². The fraction of sp³-hybridized carbons (Fsp3) is 0.222. The van der Waals surface area contributed by atoms with E-state index in [2.05, 4.69) is 10.1 Å². The lowest BCUT2D eigenvalue weighted by Crippen LogP contribution is -2.08. The SMILES string of the molecule is Cc1noc(-c2cccn2CC(=O)O)n1. The number of carboxylic acid groups (broad SMARTS) is 1. The molecule has 0 atom stereocenters. The molecule has 15 heavy (non-hydrogen) atoms. The number of carboxylic acids is 1. The summed E-state index contributed by atoms with van der Waals surface area (Å²) in [4.78, 5) is 14.6. The number of aliphatic carboxylic acids is 1. The molecular formula is C9H9N3O3. The topological polar surface area (TPSA) is 81.2 Å². The van der Waals surface area contributed by atoms with E-state index in [4.69, 9.17) is 9.63 Å². The molecule has 0 saturated heterocycles. The second-order valence-electron chi connectivity index (χ2n) is 3.06. The molecule has 0 amide bonds. The fourth-order valence-corrected chi connectivity index (χ4v) is 1.29. The highest BCUT2D eigenvalue weighted by molar-refractivity contribution is 5.67. The maximum Gasteiger partial charge on any atom is 0.323 e. The Balaban J connectivity index is 2.36. The summed E-state index contributed by atoms with van der Waals surface area (Å²) in [5.41, 5.74) is 0.609. The van der Waals surface area contributed by atoms with Crippen molar-refractivity contribution >= 4 is 5.97 Å². The lowest BCUT2D eigenvalue weighted by molar-refractivity contribution is -0.137. The molecule has 2 rings (SSSR count). The van der Waals surface area contributed by atoms with Crippen LogP contribution in [0.5, 0.6) is 0 Å². The van der Waals surface area contributed by atoms with Crippen LogP contribution >= 0.6 is 0 Å². The zero-order valence-corrected chi connectivity index (χ0v) is 8.04. The van der Waals surface area contributed by atoms with E-state index >= 15 is 0 Å². The van der Waals surface area contributed by atoms with Gasteiger partial charge in [0, 0.05) is 6.20 Å². The third kappa shape index (κ3) is 1.88. The lowest BCUT2D eigenvalue weighted by Gasteiger charge is -2.01. The van der Waals surface area contributed by atoms with Crippen LogP contribution in [0.25, 0.3) is 11.6 Å². The number of aromatic nitrogens is 3. The van der Waals surface area contributed by atoms with Crippen LogP contribution in [0, 0.1) is 6.92 Å². The summed E-state index contributed by atoms with van der Waals surface area (Å²) in [6, 6.07) is 3.47. The predicted molar refractivity (Wildman–Crippen MR) is 50.1 cm³/mol. The van der Waals surface area contributed by atoms with Gasteiger partial charge in [-0.15, -0.1) is 0 Å². The van der Waals surface area contributed by atoms with E-state index in [1.165, 1.54) is 4.57 Å². The van der Waals surface area contributed by atoms with E-state index in [-0.39, 0.29) is 6.54 Å². The minimum atomic E-state index is -0.913. The molecule has 0 aliphatic rings. The molecule has 0 radical (unpaired) electrons. The van der Waals surface area contributed by atoms with Crippen molar-refractivity contribution < 1.29 is 14.4 Å². The van der Waals surface area contributed by atoms with Gasteiger partial charge in [0.25, 0.3) is 5.89 Å². The van der Waals surface area contributed by atoms with E-state index < -0.39 is 5.97 Å². The number of hydrogen-bond donors (Lipinski definition) is 1. The number of rotatable bonds is 3. The third-order valence-electron chi connectivity index (χ3n) is 1.88. The summed E-state index contributed by atoms with van der Waals surface area (Å²) >= 11 is 0. The Morgan fingerprint density at radius 1 is 1.67 bits per heavy atom. The number of hydrogen-bond acceptors (Lipinski definition) is 4. The Kier molecular flexibility index (Phi) is 2.24. The first-order valence-corrected chi connectivity index (χ1v) is 4.34. The molecule has 2 heterocycles. The normalized spacial score (nSPS) is 10.5. The standard InChI is InChI=1S/C9H9N3O3/c1-6-10-9(15-11-6)7-3-2-4-12(7)5-8(13)14/h2-4H,5H2,1H3,(H,13,14). The molecule has 6 nitrogen and oxygen atoms in total. The summed E-state index contributed by atoms with van der Waals surface area (Å²) < 4.78 is 6.49. The summed E-state index contributed by atoms with van der Waals surface area (Å²) in [6.07, 6.45) is 1.66. The van der Waals surface area contributed by atoms with Crippen LogP contribution in [0.1, 0.15) is 5.82 Å². The molecule has 0 bridgehead atoms. The van der Waals surface area contributed by atoms with Gasteiger partial charge in [0.2, 0.25) is 0 Å². The van der Waals surface area contributed by atoms with Crippen molar-refractivity contribution in [2.75, 3.05) is 0 Å². The van der Waals surface area contributed by atoms with Crippen LogP contribution in [0.15, 0.2) is 22.9 Å². The molecule has 0 saturated carbocycles. The third-order valence-corrected chi connectivity index (χ3v) is 1.88. The summed E-state index contributed by atoms with van der Waals surface area (Å²) in [5, 5.41) is 12.3. The molecule has 0 unspecified atom stereocenters. The van der Waals surface area contributed by atoms with Crippen molar-refractivity contribution in [3.8, 4) is 11.6 Å². The Hall–Kier alpha value is -2.11. The van der Waals surface area contributed by atoms with Crippen molar-refractivity contribution in [3.05, 3.63) is 24.2 Å². The van der Waals surface area contributed by atoms with E-state index in [0.29, 0.717) is 17.4 Å². The van der Waals surface area contributed by atoms with Gasteiger partial charge in [-0.3, -0.25) is 4.79 Å². The predicted octanol–water partition coefficient (Wildman–Crippen LogP) is 0.931. The molecule has 0 aromatic carbocycles. The highest BCUT2D eigenvalue weighted by Crippen LogP contribution is 2.17. The highest BCUT2D eigenvalue weighted by atomic mass is 16.5. The molecule has 0 aliphatic heterocycles. The largest absolute Gasteiger partial charge is 0.480 e. The minimum absolute atomic E-state index is 0.121. The second-order valence-corrected chi connectivity index (χ2v) is 3.06. The van der Waals surface area contributed by atoms with Crippen LogP contribution in [0.4, 0.5) is 0 Å². The molecule has 78 valence electrons. The quantitative estimate of drug-likeness (QED) is 0.809. The van der Waals surface area contributed by atoms with Crippen molar-refractivity contribution in [3.63, 3.8) is 0 Å². The zero-order valence-electron chi connectivity index (χ0n) is 8.04. The Morgan fingerprint density at radius 2 is 2.47 bits per heavy atom. The van der Waals surface area contributed by atoms with Crippen LogP contribution in [-0.4, -0.2) is 25.8 Å². The summed E-state index contributed by atoms with van der Waals surface area (Å²) in [5.74, 6) is -0.0597. The van der Waals surface area contributed by atoms with Gasteiger partial charge in [-0.05, 0) is 19.1 Å². The summed E-state index contributed by atoms with van der Waals surface area (Å²) in [7, 11) is 0. The van der Waals surface area contributed by atoms with Crippen molar-refractivity contribution in [2.45, 2.75) is 13.5 Å². The second kappa shape index (κ2) is 3.56. The Morgan fingerprint density at radius 3 is 3.07 bits per heavy atom. The number of aryl methyl sites for hydroxylation is 1. The van der Waals surface area contributed by atoms with Crippen LogP contribution < -0.4 is 0 Å². The van der Waals surface area contributed by atoms with E-state index in [0.717, 1.165) is 0 Å². The van der Waals surface area contributed by atoms with Crippen molar-refractivity contribution in [2.24, 2.45) is 0 Å². The first kappa shape index (κ1) is 9.45. The monoisotopic (exact) mass is 207 g/mol. The molecule has 0 aliphatic carbocycles. The number of carbonyl (C=O) groups is 1. The Labute approximate surface area is 85.1 Å². The molecule has 1 N–H and O–H groups in total. The van der Waals surface area contributed by atoms with E-state index in [1.807, 2.05) is 0 Å². The van der Waals surface area contributed by atoms with E-state index in [1.54, 1.807) is 25.3 Å². The van der Waals surface area contributed by atoms with Gasteiger partial charge in [0.05, 0.1) is 0 Å². The number of nitrogens with zero attached hydrogens (tertiary/aromatic N) is 3. The van der Waals surface area contributed by atoms with Gasteiger partial charge in [0.1, 0.15) is 12.2 Å². The van der Waals surface area contributed by atoms with E-state index in [9.17, 15) is 4.79 Å². The Bertz CT molecular complexity index is 486. The first-order chi connectivity index (χ1) is 7.16. The summed E-state index contributed by atoms with van der Waals surface area (Å²) in [6.45, 7) is 1.58.